The molecule has 0 saturated heterocycles. The van der Waals surface area contributed by atoms with Crippen molar-refractivity contribution in [2.24, 2.45) is 0 Å². The molecule has 2 heterocycles. The van der Waals surface area contributed by atoms with E-state index >= 15 is 0 Å². The molecule has 3 aromatic rings. The number of benzene rings is 1. The van der Waals surface area contributed by atoms with Crippen molar-refractivity contribution in [1.29, 1.82) is 0 Å². The smallest absolute Gasteiger partial charge is 0.356 e. The van der Waals surface area contributed by atoms with Crippen LogP contribution < -0.4 is 0 Å². The summed E-state index contributed by atoms with van der Waals surface area (Å²) in [6.45, 7) is 0. The van der Waals surface area contributed by atoms with Crippen molar-refractivity contribution in [2.75, 3.05) is 0 Å². The van der Waals surface area contributed by atoms with Crippen molar-refractivity contribution in [3.05, 3.63) is 53.2 Å². The first kappa shape index (κ1) is 12.5. The summed E-state index contributed by atoms with van der Waals surface area (Å²) in [4.78, 5) is 15.4. The van der Waals surface area contributed by atoms with Crippen LogP contribution in [-0.2, 0) is 0 Å². The zero-order valence-electron chi connectivity index (χ0n) is 10.1. The number of imidazole rings is 1. The van der Waals surface area contributed by atoms with Crippen LogP contribution in [0.15, 0.2) is 42.5 Å². The Labute approximate surface area is 118 Å². The molecule has 0 bridgehead atoms. The fourth-order valence-electron chi connectivity index (χ4n) is 2.10. The van der Waals surface area contributed by atoms with Gasteiger partial charge in [-0.05, 0) is 24.3 Å². The van der Waals surface area contributed by atoms with Gasteiger partial charge in [-0.15, -0.1) is 0 Å². The predicted octanol–water partition coefficient (Wildman–Crippen LogP) is 3.06. The molecule has 100 valence electrons. The van der Waals surface area contributed by atoms with E-state index in [1.807, 2.05) is 0 Å². The van der Waals surface area contributed by atoms with Gasteiger partial charge in [0, 0.05) is 10.6 Å². The van der Waals surface area contributed by atoms with E-state index in [-0.39, 0.29) is 11.6 Å². The number of pyridine rings is 1. The van der Waals surface area contributed by atoms with Gasteiger partial charge in [0.15, 0.2) is 11.6 Å². The quantitative estimate of drug-likeness (QED) is 0.760. The molecule has 0 amide bonds. The number of aromatic nitrogens is 2. The van der Waals surface area contributed by atoms with Crippen molar-refractivity contribution < 1.29 is 15.0 Å². The molecule has 0 radical (unpaired) electrons. The summed E-state index contributed by atoms with van der Waals surface area (Å²) < 4.78 is 1.38. The zero-order valence-corrected chi connectivity index (χ0v) is 10.9. The van der Waals surface area contributed by atoms with Gasteiger partial charge in [-0.2, -0.15) is 0 Å². The molecule has 3 rings (SSSR count). The average molecular weight is 289 g/mol. The standard InChI is InChI=1S/C14H9ClN2O3/c15-9-4-1-3-8(7-9)13-16-12(14(19)20)10-5-2-6-11(18)17(10)13/h1-7,18H,(H,19,20). The summed E-state index contributed by atoms with van der Waals surface area (Å²) >= 11 is 5.94. The molecule has 1 aromatic carbocycles. The number of nitrogens with zero attached hydrogens (tertiary/aromatic N) is 2. The molecule has 0 fully saturated rings. The molecule has 0 aliphatic rings. The number of aromatic hydroxyl groups is 1. The van der Waals surface area contributed by atoms with Crippen LogP contribution in [-0.4, -0.2) is 25.6 Å². The van der Waals surface area contributed by atoms with Gasteiger partial charge < -0.3 is 10.2 Å². The lowest BCUT2D eigenvalue weighted by Crippen LogP contribution is -1.97. The van der Waals surface area contributed by atoms with Gasteiger partial charge in [0.2, 0.25) is 0 Å². The van der Waals surface area contributed by atoms with E-state index < -0.39 is 5.97 Å². The van der Waals surface area contributed by atoms with E-state index in [4.69, 9.17) is 11.6 Å². The van der Waals surface area contributed by atoms with E-state index in [0.717, 1.165) is 0 Å². The van der Waals surface area contributed by atoms with Crippen molar-refractivity contribution in [2.45, 2.75) is 0 Å². The van der Waals surface area contributed by atoms with Gasteiger partial charge >= 0.3 is 5.97 Å². The highest BCUT2D eigenvalue weighted by Gasteiger charge is 2.19. The number of rotatable bonds is 2. The van der Waals surface area contributed by atoms with Gasteiger partial charge in [0.25, 0.3) is 0 Å². The highest BCUT2D eigenvalue weighted by molar-refractivity contribution is 6.30. The lowest BCUT2D eigenvalue weighted by Gasteiger charge is -2.03. The second-order valence-electron chi connectivity index (χ2n) is 4.20. The van der Waals surface area contributed by atoms with Gasteiger partial charge in [0.1, 0.15) is 5.82 Å². The van der Waals surface area contributed by atoms with Crippen molar-refractivity contribution in [3.8, 4) is 17.3 Å². The Hall–Kier alpha value is -2.53. The topological polar surface area (TPSA) is 74.8 Å². The third-order valence-corrected chi connectivity index (χ3v) is 3.16. The van der Waals surface area contributed by atoms with Crippen molar-refractivity contribution >= 4 is 23.1 Å². The maximum Gasteiger partial charge on any atom is 0.356 e. The van der Waals surface area contributed by atoms with E-state index in [0.29, 0.717) is 21.9 Å². The molecule has 0 aliphatic heterocycles. The number of hydrogen-bond acceptors (Lipinski definition) is 3. The fraction of sp³-hybridized carbons (Fsp3) is 0. The summed E-state index contributed by atoms with van der Waals surface area (Å²) in [6.07, 6.45) is 0. The minimum Gasteiger partial charge on any atom is -0.494 e. The Morgan fingerprint density at radius 3 is 2.65 bits per heavy atom. The second kappa shape index (κ2) is 4.54. The molecule has 2 aromatic heterocycles. The summed E-state index contributed by atoms with van der Waals surface area (Å²) in [7, 11) is 0. The normalized spacial score (nSPS) is 10.8. The summed E-state index contributed by atoms with van der Waals surface area (Å²) in [5.74, 6) is -0.906. The number of hydrogen-bond donors (Lipinski definition) is 2. The largest absolute Gasteiger partial charge is 0.494 e. The Balaban J connectivity index is 2.39. The van der Waals surface area contributed by atoms with Gasteiger partial charge in [-0.3, -0.25) is 4.40 Å². The Morgan fingerprint density at radius 2 is 1.95 bits per heavy atom. The highest BCUT2D eigenvalue weighted by Crippen LogP contribution is 2.28. The highest BCUT2D eigenvalue weighted by atomic mass is 35.5. The maximum absolute atomic E-state index is 11.3. The number of halogens is 1. The average Bonchev–Trinajstić information content (AvgIpc) is 2.80. The van der Waals surface area contributed by atoms with E-state index in [9.17, 15) is 15.0 Å². The number of aromatic carboxylic acids is 1. The zero-order chi connectivity index (χ0) is 14.3. The Kier molecular flexibility index (Phi) is 2.84. The minimum absolute atomic E-state index is 0.0857. The molecule has 0 aliphatic carbocycles. The molecule has 0 atom stereocenters. The Bertz CT molecular complexity index is 826. The molecule has 0 spiro atoms. The lowest BCUT2D eigenvalue weighted by molar-refractivity contribution is 0.0693. The van der Waals surface area contributed by atoms with Crippen LogP contribution >= 0.6 is 11.6 Å². The summed E-state index contributed by atoms with van der Waals surface area (Å²) in [6, 6.07) is 11.5. The number of fused-ring (bicyclic) bond motifs is 1. The van der Waals surface area contributed by atoms with Gasteiger partial charge in [-0.1, -0.05) is 29.8 Å². The van der Waals surface area contributed by atoms with Gasteiger partial charge in [-0.25, -0.2) is 9.78 Å². The third-order valence-electron chi connectivity index (χ3n) is 2.93. The first-order chi connectivity index (χ1) is 9.58. The first-order valence-electron chi connectivity index (χ1n) is 5.77. The van der Waals surface area contributed by atoms with Crippen molar-refractivity contribution in [3.63, 3.8) is 0 Å². The number of carboxylic acids is 1. The fourth-order valence-corrected chi connectivity index (χ4v) is 2.29. The van der Waals surface area contributed by atoms with Crippen LogP contribution in [0.5, 0.6) is 5.88 Å². The van der Waals surface area contributed by atoms with Crippen LogP contribution in [0.3, 0.4) is 0 Å². The van der Waals surface area contributed by atoms with Crippen LogP contribution in [0, 0.1) is 0 Å². The lowest BCUT2D eigenvalue weighted by atomic mass is 10.2. The predicted molar refractivity (Wildman–Crippen MR) is 74.3 cm³/mol. The monoisotopic (exact) mass is 288 g/mol. The third kappa shape index (κ3) is 1.88. The van der Waals surface area contributed by atoms with E-state index in [1.165, 1.54) is 10.5 Å². The molecule has 0 saturated carbocycles. The van der Waals surface area contributed by atoms with Crippen LogP contribution in [0.4, 0.5) is 0 Å². The molecular formula is C14H9ClN2O3. The summed E-state index contributed by atoms with van der Waals surface area (Å²) in [5.41, 5.74) is 0.838. The minimum atomic E-state index is -1.15. The number of carbonyl (C=O) groups is 1. The molecule has 6 heteroatoms. The first-order valence-corrected chi connectivity index (χ1v) is 6.15. The van der Waals surface area contributed by atoms with Crippen molar-refractivity contribution in [1.82, 2.24) is 9.38 Å². The number of carboxylic acid groups (broad SMARTS) is 1. The van der Waals surface area contributed by atoms with E-state index in [1.54, 1.807) is 36.4 Å². The van der Waals surface area contributed by atoms with E-state index in [2.05, 4.69) is 4.98 Å². The SMILES string of the molecule is O=C(O)c1nc(-c2cccc(Cl)c2)n2c(O)cccc12. The molecule has 0 unspecified atom stereocenters. The van der Waals surface area contributed by atoms with Gasteiger partial charge in [0.05, 0.1) is 5.52 Å². The van der Waals surface area contributed by atoms with Crippen LogP contribution in [0.1, 0.15) is 10.5 Å². The second-order valence-corrected chi connectivity index (χ2v) is 4.64. The Morgan fingerprint density at radius 1 is 1.20 bits per heavy atom. The molecular weight excluding hydrogens is 280 g/mol. The molecule has 5 nitrogen and oxygen atoms in total. The maximum atomic E-state index is 11.3. The van der Waals surface area contributed by atoms with Crippen LogP contribution in [0.2, 0.25) is 5.02 Å². The molecule has 2 N–H and O–H groups in total. The summed E-state index contributed by atoms with van der Waals surface area (Å²) in [5, 5.41) is 19.7. The van der Waals surface area contributed by atoms with Crippen LogP contribution in [0.25, 0.3) is 16.9 Å². The molecule has 20 heavy (non-hydrogen) atoms.